The summed E-state index contributed by atoms with van der Waals surface area (Å²) < 4.78 is 6.08. The zero-order valence-corrected chi connectivity index (χ0v) is 17.2. The second kappa shape index (κ2) is 9.01. The molecule has 8 heteroatoms. The van der Waals surface area contributed by atoms with Gasteiger partial charge in [0, 0.05) is 44.8 Å². The van der Waals surface area contributed by atoms with Gasteiger partial charge in [0.15, 0.2) is 5.60 Å². The predicted molar refractivity (Wildman–Crippen MR) is 114 cm³/mol. The number of amides is 2. The Hall–Kier alpha value is -3.65. The van der Waals surface area contributed by atoms with E-state index in [9.17, 15) is 9.59 Å². The van der Waals surface area contributed by atoms with Gasteiger partial charge in [0.1, 0.15) is 5.69 Å². The van der Waals surface area contributed by atoms with Crippen molar-refractivity contribution < 1.29 is 14.3 Å². The summed E-state index contributed by atoms with van der Waals surface area (Å²) in [6.45, 7) is 0.740. The zero-order chi connectivity index (χ0) is 21.7. The van der Waals surface area contributed by atoms with Crippen LogP contribution < -0.4 is 5.32 Å². The molecule has 2 amide bonds. The fraction of sp³-hybridized carbons (Fsp3) is 0.261. The monoisotopic (exact) mass is 417 g/mol. The van der Waals surface area contributed by atoms with Gasteiger partial charge in [0.05, 0.1) is 19.3 Å². The molecule has 1 aliphatic rings. The number of pyridine rings is 1. The maximum Gasteiger partial charge on any atom is 0.274 e. The Kier molecular flexibility index (Phi) is 5.99. The summed E-state index contributed by atoms with van der Waals surface area (Å²) in [4.78, 5) is 39.8. The van der Waals surface area contributed by atoms with E-state index < -0.39 is 5.60 Å². The Balaban J connectivity index is 1.67. The quantitative estimate of drug-likeness (QED) is 0.679. The number of morpholine rings is 1. The number of hydrogen-bond acceptors (Lipinski definition) is 6. The maximum absolute atomic E-state index is 13.0. The summed E-state index contributed by atoms with van der Waals surface area (Å²) in [7, 11) is 1.58. The number of aromatic nitrogens is 3. The number of likely N-dealkylation sites (N-methyl/N-ethyl adjacent to an activating group) is 1. The lowest BCUT2D eigenvalue weighted by Crippen LogP contribution is -2.61. The minimum Gasteiger partial charge on any atom is -0.361 e. The van der Waals surface area contributed by atoms with Crippen molar-refractivity contribution in [1.82, 2.24) is 25.2 Å². The number of nitrogens with zero attached hydrogens (tertiary/aromatic N) is 4. The first-order chi connectivity index (χ1) is 15.1. The SMILES string of the molecule is CNC(=O)[C@@]1(Cc2ccccc2-c2ccncc2)CN(C(=O)c2cnccn2)CCO1. The minimum atomic E-state index is -1.21. The summed E-state index contributed by atoms with van der Waals surface area (Å²) in [6.07, 6.45) is 8.21. The van der Waals surface area contributed by atoms with Gasteiger partial charge in [-0.3, -0.25) is 19.6 Å². The van der Waals surface area contributed by atoms with E-state index in [1.54, 1.807) is 24.3 Å². The van der Waals surface area contributed by atoms with E-state index in [1.165, 1.54) is 18.6 Å². The summed E-state index contributed by atoms with van der Waals surface area (Å²) >= 11 is 0. The van der Waals surface area contributed by atoms with E-state index in [4.69, 9.17) is 4.74 Å². The lowest BCUT2D eigenvalue weighted by Gasteiger charge is -2.41. The van der Waals surface area contributed by atoms with E-state index in [0.717, 1.165) is 16.7 Å². The number of carbonyl (C=O) groups is 2. The van der Waals surface area contributed by atoms with Crippen LogP contribution in [-0.2, 0) is 16.0 Å². The highest BCUT2D eigenvalue weighted by atomic mass is 16.5. The first-order valence-corrected chi connectivity index (χ1v) is 10.0. The minimum absolute atomic E-state index is 0.118. The molecule has 0 saturated carbocycles. The second-order valence-electron chi connectivity index (χ2n) is 7.31. The Bertz CT molecular complexity index is 1060. The molecule has 3 aromatic rings. The van der Waals surface area contributed by atoms with Crippen LogP contribution in [0.15, 0.2) is 67.4 Å². The fourth-order valence-corrected chi connectivity index (χ4v) is 3.88. The standard InChI is InChI=1S/C23H23N5O3/c1-24-22(30)23(14-18-4-2-3-5-19(18)17-6-8-25-9-7-17)16-28(12-13-31-23)21(29)20-15-26-10-11-27-20/h2-11,15H,12-14,16H2,1H3,(H,24,30)/t23-/m1/s1. The lowest BCUT2D eigenvalue weighted by molar-refractivity contribution is -0.156. The number of rotatable bonds is 5. The average Bonchev–Trinajstić information content (AvgIpc) is 2.84. The third-order valence-corrected chi connectivity index (χ3v) is 5.38. The lowest BCUT2D eigenvalue weighted by atomic mass is 9.87. The van der Waals surface area contributed by atoms with Gasteiger partial charge in [-0.1, -0.05) is 24.3 Å². The molecular formula is C23H23N5O3. The van der Waals surface area contributed by atoms with Crippen molar-refractivity contribution in [2.45, 2.75) is 12.0 Å². The highest BCUT2D eigenvalue weighted by molar-refractivity contribution is 5.93. The van der Waals surface area contributed by atoms with Gasteiger partial charge in [0.2, 0.25) is 0 Å². The van der Waals surface area contributed by atoms with Crippen LogP contribution in [0, 0.1) is 0 Å². The van der Waals surface area contributed by atoms with Crippen molar-refractivity contribution in [1.29, 1.82) is 0 Å². The fourth-order valence-electron chi connectivity index (χ4n) is 3.88. The van der Waals surface area contributed by atoms with Gasteiger partial charge in [-0.15, -0.1) is 0 Å². The normalized spacial score (nSPS) is 18.4. The van der Waals surface area contributed by atoms with E-state index in [2.05, 4.69) is 20.3 Å². The molecule has 1 aliphatic heterocycles. The summed E-state index contributed by atoms with van der Waals surface area (Å²) in [5, 5.41) is 2.71. The Labute approximate surface area is 180 Å². The molecule has 1 fully saturated rings. The van der Waals surface area contributed by atoms with Crippen LogP contribution >= 0.6 is 0 Å². The molecule has 0 bridgehead atoms. The maximum atomic E-state index is 13.0. The first kappa shape index (κ1) is 20.6. The van der Waals surface area contributed by atoms with Crippen LogP contribution in [-0.4, -0.2) is 64.0 Å². The summed E-state index contributed by atoms with van der Waals surface area (Å²) in [5.41, 5.74) is 1.97. The number of nitrogens with one attached hydrogen (secondary N) is 1. The number of hydrogen-bond donors (Lipinski definition) is 1. The highest BCUT2D eigenvalue weighted by Crippen LogP contribution is 2.30. The van der Waals surface area contributed by atoms with Crippen LogP contribution in [0.4, 0.5) is 0 Å². The molecule has 31 heavy (non-hydrogen) atoms. The van der Waals surface area contributed by atoms with Crippen LogP contribution in [0.5, 0.6) is 0 Å². The number of carbonyl (C=O) groups excluding carboxylic acids is 2. The highest BCUT2D eigenvalue weighted by Gasteiger charge is 2.45. The van der Waals surface area contributed by atoms with Crippen molar-refractivity contribution in [2.24, 2.45) is 0 Å². The van der Waals surface area contributed by atoms with Crippen molar-refractivity contribution in [3.8, 4) is 11.1 Å². The molecule has 0 aliphatic carbocycles. The molecule has 8 nitrogen and oxygen atoms in total. The molecule has 1 saturated heterocycles. The van der Waals surface area contributed by atoms with Gasteiger partial charge in [-0.2, -0.15) is 0 Å². The molecule has 1 atom stereocenters. The molecule has 1 aromatic carbocycles. The third kappa shape index (κ3) is 4.29. The molecule has 1 N–H and O–H groups in total. The molecule has 2 aromatic heterocycles. The van der Waals surface area contributed by atoms with Crippen molar-refractivity contribution in [3.05, 3.63) is 78.6 Å². The second-order valence-corrected chi connectivity index (χ2v) is 7.31. The van der Waals surface area contributed by atoms with E-state index in [-0.39, 0.29) is 30.7 Å². The van der Waals surface area contributed by atoms with Gasteiger partial charge < -0.3 is 15.0 Å². The van der Waals surface area contributed by atoms with Gasteiger partial charge in [-0.05, 0) is 28.8 Å². The molecule has 4 rings (SSSR count). The van der Waals surface area contributed by atoms with Crippen LogP contribution in [0.25, 0.3) is 11.1 Å². The van der Waals surface area contributed by atoms with E-state index >= 15 is 0 Å². The summed E-state index contributed by atoms with van der Waals surface area (Å²) in [6, 6.07) is 11.7. The zero-order valence-electron chi connectivity index (χ0n) is 17.2. The van der Waals surface area contributed by atoms with E-state index in [1.807, 2.05) is 36.4 Å². The van der Waals surface area contributed by atoms with E-state index in [0.29, 0.717) is 13.0 Å². The van der Waals surface area contributed by atoms with Crippen LogP contribution in [0.2, 0.25) is 0 Å². The van der Waals surface area contributed by atoms with Gasteiger partial charge >= 0.3 is 0 Å². The average molecular weight is 417 g/mol. The first-order valence-electron chi connectivity index (χ1n) is 10.0. The van der Waals surface area contributed by atoms with Crippen molar-refractivity contribution in [3.63, 3.8) is 0 Å². The number of ether oxygens (including phenoxy) is 1. The molecule has 3 heterocycles. The molecule has 0 radical (unpaired) electrons. The van der Waals surface area contributed by atoms with Crippen molar-refractivity contribution >= 4 is 11.8 Å². The Morgan fingerprint density at radius 3 is 2.65 bits per heavy atom. The topological polar surface area (TPSA) is 97.3 Å². The number of benzene rings is 1. The molecule has 158 valence electrons. The van der Waals surface area contributed by atoms with Crippen molar-refractivity contribution in [2.75, 3.05) is 26.7 Å². The van der Waals surface area contributed by atoms with Crippen LogP contribution in [0.1, 0.15) is 16.1 Å². The predicted octanol–water partition coefficient (Wildman–Crippen LogP) is 1.74. The smallest absolute Gasteiger partial charge is 0.274 e. The van der Waals surface area contributed by atoms with Crippen LogP contribution in [0.3, 0.4) is 0 Å². The molecule has 0 spiro atoms. The molecular weight excluding hydrogens is 394 g/mol. The summed E-state index contributed by atoms with van der Waals surface area (Å²) in [5.74, 6) is -0.541. The Morgan fingerprint density at radius 1 is 1.10 bits per heavy atom. The third-order valence-electron chi connectivity index (χ3n) is 5.38. The Morgan fingerprint density at radius 2 is 1.90 bits per heavy atom. The van der Waals surface area contributed by atoms with Gasteiger partial charge in [-0.25, -0.2) is 4.98 Å². The molecule has 0 unspecified atom stereocenters. The largest absolute Gasteiger partial charge is 0.361 e. The van der Waals surface area contributed by atoms with Gasteiger partial charge in [0.25, 0.3) is 11.8 Å².